The van der Waals surface area contributed by atoms with Crippen LogP contribution in [0.15, 0.2) is 158 Å². The van der Waals surface area contributed by atoms with E-state index in [1.54, 1.807) is 0 Å². The second kappa shape index (κ2) is 10.6. The highest BCUT2D eigenvalue weighted by molar-refractivity contribution is 6.31. The van der Waals surface area contributed by atoms with Crippen molar-refractivity contribution in [1.82, 2.24) is 19.5 Å². The van der Waals surface area contributed by atoms with E-state index in [0.717, 1.165) is 33.2 Å². The fourth-order valence-electron chi connectivity index (χ4n) is 9.50. The maximum absolute atomic E-state index is 5.19. The summed E-state index contributed by atoms with van der Waals surface area (Å²) in [6.07, 6.45) is 0. The van der Waals surface area contributed by atoms with Crippen molar-refractivity contribution < 1.29 is 0 Å². The number of aromatic nitrogens is 4. The Kier molecular flexibility index (Phi) is 5.81. The number of nitrogens with zero attached hydrogens (tertiary/aromatic N) is 4. The van der Waals surface area contributed by atoms with Gasteiger partial charge in [-0.25, -0.2) is 15.0 Å². The fourth-order valence-corrected chi connectivity index (χ4v) is 9.50. The molecule has 0 bridgehead atoms. The largest absolute Gasteiger partial charge is 0.309 e. The first-order chi connectivity index (χ1) is 26.5. The van der Waals surface area contributed by atoms with Crippen LogP contribution in [0, 0.1) is 0 Å². The zero-order valence-corrected chi connectivity index (χ0v) is 29.8. The summed E-state index contributed by atoms with van der Waals surface area (Å²) in [5, 5.41) is 7.49. The Hall–Kier alpha value is -6.91. The van der Waals surface area contributed by atoms with Gasteiger partial charge in [-0.05, 0) is 79.2 Å². The van der Waals surface area contributed by atoms with Crippen LogP contribution in [0.4, 0.5) is 0 Å². The summed E-state index contributed by atoms with van der Waals surface area (Å²) >= 11 is 0. The molecule has 0 spiro atoms. The van der Waals surface area contributed by atoms with Gasteiger partial charge in [-0.3, -0.25) is 0 Å². The maximum atomic E-state index is 5.19. The van der Waals surface area contributed by atoms with E-state index in [-0.39, 0.29) is 5.41 Å². The van der Waals surface area contributed by atoms with E-state index >= 15 is 0 Å². The van der Waals surface area contributed by atoms with Gasteiger partial charge in [0.15, 0.2) is 17.5 Å². The zero-order chi connectivity index (χ0) is 35.7. The van der Waals surface area contributed by atoms with Crippen LogP contribution in [-0.4, -0.2) is 19.5 Å². The monoisotopic (exact) mass is 688 g/mol. The number of rotatable bonds is 4. The minimum absolute atomic E-state index is 0.0833. The third kappa shape index (κ3) is 3.89. The van der Waals surface area contributed by atoms with Gasteiger partial charge in [0.1, 0.15) is 0 Å². The lowest BCUT2D eigenvalue weighted by molar-refractivity contribution is 0.661. The molecule has 0 radical (unpaired) electrons. The van der Waals surface area contributed by atoms with Gasteiger partial charge in [0.2, 0.25) is 0 Å². The lowest BCUT2D eigenvalue weighted by atomic mass is 9.81. The molecule has 0 atom stereocenters. The summed E-state index contributed by atoms with van der Waals surface area (Å²) in [7, 11) is 0. The Balaban J connectivity index is 1.19. The SMILES string of the molecule is CC1(C)c2cccc3c2-c2c1ccc1ccc4c(c21)c1c-3cccc1n4-c1cc(-c2nc(-c3ccccc3)nc(-c3ccccc3)n2)c2ccccc2c1. The van der Waals surface area contributed by atoms with Gasteiger partial charge in [-0.2, -0.15) is 0 Å². The Labute approximate surface area is 312 Å². The van der Waals surface area contributed by atoms with Crippen LogP contribution in [0.1, 0.15) is 25.0 Å². The van der Waals surface area contributed by atoms with Crippen molar-refractivity contribution in [3.05, 3.63) is 169 Å². The van der Waals surface area contributed by atoms with E-state index < -0.39 is 0 Å². The summed E-state index contributed by atoms with van der Waals surface area (Å²) < 4.78 is 2.47. The molecule has 4 heteroatoms. The lowest BCUT2D eigenvalue weighted by Gasteiger charge is -2.22. The number of benzene rings is 8. The standard InChI is InChI=1S/C50H32N4/c1-50(2)38-21-11-19-35-36-20-12-22-40-44(36)46-41(26-24-29-23-25-39(50)45(42(29)46)43(35)38)54(40)33-27-32-17-9-10-18-34(32)37(28-33)49-52-47(30-13-5-3-6-14-30)51-48(53-49)31-15-7-4-8-16-31/h3-28H,1-2H3. The van der Waals surface area contributed by atoms with Gasteiger partial charge in [-0.15, -0.1) is 0 Å². The van der Waals surface area contributed by atoms with Gasteiger partial charge in [-0.1, -0.05) is 147 Å². The fraction of sp³-hybridized carbons (Fsp3) is 0.0600. The van der Waals surface area contributed by atoms with Crippen LogP contribution in [0.25, 0.3) is 105 Å². The third-order valence-electron chi connectivity index (χ3n) is 11.9. The number of hydrogen-bond donors (Lipinski definition) is 0. The van der Waals surface area contributed by atoms with Gasteiger partial charge < -0.3 is 4.57 Å². The summed E-state index contributed by atoms with van der Waals surface area (Å²) in [5.41, 5.74) is 14.5. The van der Waals surface area contributed by atoms with Crippen LogP contribution in [0.5, 0.6) is 0 Å². The van der Waals surface area contributed by atoms with Crippen molar-refractivity contribution in [2.24, 2.45) is 0 Å². The quantitative estimate of drug-likeness (QED) is 0.185. The number of hydrogen-bond acceptors (Lipinski definition) is 3. The highest BCUT2D eigenvalue weighted by Crippen LogP contribution is 2.59. The molecule has 2 aromatic heterocycles. The molecule has 4 nitrogen and oxygen atoms in total. The molecule has 0 aliphatic heterocycles. The Morgan fingerprint density at radius 3 is 1.83 bits per heavy atom. The second-order valence-corrected chi connectivity index (χ2v) is 15.2. The molecule has 0 saturated heterocycles. The molecule has 2 aliphatic carbocycles. The zero-order valence-electron chi connectivity index (χ0n) is 29.8. The molecule has 8 aromatic carbocycles. The molecule has 2 heterocycles. The Bertz CT molecular complexity index is 3170. The average Bonchev–Trinajstić information content (AvgIpc) is 3.64. The van der Waals surface area contributed by atoms with Crippen LogP contribution in [0.2, 0.25) is 0 Å². The topological polar surface area (TPSA) is 43.6 Å². The molecule has 0 saturated carbocycles. The average molecular weight is 689 g/mol. The molecule has 0 fully saturated rings. The van der Waals surface area contributed by atoms with E-state index in [9.17, 15) is 0 Å². The molecule has 252 valence electrons. The van der Waals surface area contributed by atoms with E-state index in [1.807, 2.05) is 36.4 Å². The van der Waals surface area contributed by atoms with Crippen molar-refractivity contribution in [2.75, 3.05) is 0 Å². The summed E-state index contributed by atoms with van der Waals surface area (Å²) in [5.74, 6) is 1.95. The van der Waals surface area contributed by atoms with Gasteiger partial charge in [0, 0.05) is 38.6 Å². The highest BCUT2D eigenvalue weighted by atomic mass is 15.0. The van der Waals surface area contributed by atoms with Crippen LogP contribution >= 0.6 is 0 Å². The predicted octanol–water partition coefficient (Wildman–Crippen LogP) is 12.6. The van der Waals surface area contributed by atoms with Gasteiger partial charge in [0.05, 0.1) is 11.0 Å². The summed E-state index contributed by atoms with van der Waals surface area (Å²) in [4.78, 5) is 15.4. The van der Waals surface area contributed by atoms with E-state index in [2.05, 4.69) is 140 Å². The minimum Gasteiger partial charge on any atom is -0.309 e. The number of fused-ring (bicyclic) bond motifs is 2. The van der Waals surface area contributed by atoms with E-state index in [1.165, 1.54) is 66.0 Å². The van der Waals surface area contributed by atoms with Crippen molar-refractivity contribution >= 4 is 43.4 Å². The second-order valence-electron chi connectivity index (χ2n) is 15.2. The molecule has 0 N–H and O–H groups in total. The lowest BCUT2D eigenvalue weighted by Crippen LogP contribution is -2.14. The van der Waals surface area contributed by atoms with Gasteiger partial charge >= 0.3 is 0 Å². The first kappa shape index (κ1) is 29.6. The van der Waals surface area contributed by atoms with Crippen LogP contribution in [-0.2, 0) is 5.41 Å². The third-order valence-corrected chi connectivity index (χ3v) is 11.9. The normalized spacial score (nSPS) is 13.5. The van der Waals surface area contributed by atoms with Crippen molar-refractivity contribution in [3.8, 4) is 62.1 Å². The molecule has 2 aliphatic rings. The molecule has 0 amide bonds. The predicted molar refractivity (Wildman–Crippen MR) is 222 cm³/mol. The van der Waals surface area contributed by atoms with Gasteiger partial charge in [0.25, 0.3) is 0 Å². The van der Waals surface area contributed by atoms with Crippen LogP contribution in [0.3, 0.4) is 0 Å². The van der Waals surface area contributed by atoms with Crippen LogP contribution < -0.4 is 0 Å². The molecular weight excluding hydrogens is 657 g/mol. The molecular formula is C50H32N4. The Morgan fingerprint density at radius 2 is 1.06 bits per heavy atom. The first-order valence-corrected chi connectivity index (χ1v) is 18.6. The van der Waals surface area contributed by atoms with Crippen molar-refractivity contribution in [2.45, 2.75) is 19.3 Å². The first-order valence-electron chi connectivity index (χ1n) is 18.6. The molecule has 54 heavy (non-hydrogen) atoms. The Morgan fingerprint density at radius 1 is 0.426 bits per heavy atom. The molecule has 10 aromatic rings. The van der Waals surface area contributed by atoms with E-state index in [4.69, 9.17) is 15.0 Å². The summed E-state index contributed by atoms with van der Waals surface area (Å²) in [6, 6.07) is 56.7. The van der Waals surface area contributed by atoms with E-state index in [0.29, 0.717) is 17.5 Å². The highest BCUT2D eigenvalue weighted by Gasteiger charge is 2.40. The van der Waals surface area contributed by atoms with Crippen molar-refractivity contribution in [3.63, 3.8) is 0 Å². The molecule has 12 rings (SSSR count). The smallest absolute Gasteiger partial charge is 0.164 e. The summed E-state index contributed by atoms with van der Waals surface area (Å²) in [6.45, 7) is 4.76. The van der Waals surface area contributed by atoms with Crippen molar-refractivity contribution in [1.29, 1.82) is 0 Å². The molecule has 0 unspecified atom stereocenters. The minimum atomic E-state index is -0.0833. The maximum Gasteiger partial charge on any atom is 0.164 e.